The maximum atomic E-state index is 8.84. The number of nitrogens with zero attached hydrogens (tertiary/aromatic N) is 2. The van der Waals surface area contributed by atoms with E-state index in [1.807, 2.05) is 24.3 Å². The molecule has 0 atom stereocenters. The van der Waals surface area contributed by atoms with Crippen LogP contribution in [0.15, 0.2) is 53.7 Å². The Morgan fingerprint density at radius 2 is 1.93 bits per heavy atom. The molecule has 0 saturated heterocycles. The molecule has 140 valence electrons. The highest BCUT2D eigenvalue weighted by Crippen LogP contribution is 2.21. The van der Waals surface area contributed by atoms with Gasteiger partial charge in [0.1, 0.15) is 0 Å². The van der Waals surface area contributed by atoms with Crippen molar-refractivity contribution in [3.8, 4) is 6.07 Å². The van der Waals surface area contributed by atoms with Gasteiger partial charge in [0.2, 0.25) is 0 Å². The Bertz CT molecular complexity index is 951. The van der Waals surface area contributed by atoms with E-state index < -0.39 is 0 Å². The number of benzene rings is 2. The van der Waals surface area contributed by atoms with Crippen LogP contribution in [-0.4, -0.2) is 24.5 Å². The van der Waals surface area contributed by atoms with Crippen molar-refractivity contribution >= 4 is 40.8 Å². The van der Waals surface area contributed by atoms with Crippen LogP contribution >= 0.6 is 24.0 Å². The third-order valence-electron chi connectivity index (χ3n) is 4.46. The monoisotopic (exact) mass is 473 g/mol. The fourth-order valence-electron chi connectivity index (χ4n) is 2.99. The van der Waals surface area contributed by atoms with Gasteiger partial charge < -0.3 is 15.6 Å². The molecule has 3 N–H and O–H groups in total. The average Bonchev–Trinajstić information content (AvgIpc) is 3.09. The first-order valence-corrected chi connectivity index (χ1v) is 8.70. The van der Waals surface area contributed by atoms with Crippen LogP contribution in [0.3, 0.4) is 0 Å². The molecule has 1 heterocycles. The van der Waals surface area contributed by atoms with Gasteiger partial charge in [-0.3, -0.25) is 4.99 Å². The van der Waals surface area contributed by atoms with E-state index >= 15 is 0 Å². The Labute approximate surface area is 176 Å². The normalized spacial score (nSPS) is 10.9. The van der Waals surface area contributed by atoms with Gasteiger partial charge >= 0.3 is 0 Å². The molecule has 0 bridgehead atoms. The Balaban J connectivity index is 0.00000261. The maximum Gasteiger partial charge on any atom is 0.191 e. The molecule has 27 heavy (non-hydrogen) atoms. The Hall–Kier alpha value is -2.53. The molecule has 0 unspecified atom stereocenters. The third-order valence-corrected chi connectivity index (χ3v) is 4.46. The lowest BCUT2D eigenvalue weighted by Crippen LogP contribution is -2.37. The number of aromatic nitrogens is 1. The zero-order chi connectivity index (χ0) is 18.4. The Kier molecular flexibility index (Phi) is 7.67. The molecule has 6 heteroatoms. The van der Waals surface area contributed by atoms with Crippen molar-refractivity contribution in [3.05, 3.63) is 70.9 Å². The second-order valence-corrected chi connectivity index (χ2v) is 6.22. The van der Waals surface area contributed by atoms with Crippen LogP contribution in [0.25, 0.3) is 10.9 Å². The van der Waals surface area contributed by atoms with Crippen molar-refractivity contribution in [2.45, 2.75) is 19.9 Å². The number of nitrogens with one attached hydrogen (secondary N) is 3. The molecular formula is C21H24IN5. The molecule has 0 aliphatic rings. The standard InChI is InChI=1S/C21H23N5.HI/c1-15-4-3-5-19-18(14-25-20(15)19)10-11-24-21(23-2)26-13-17-8-6-16(12-22)7-9-17;/h3-9,14,25H,10-11,13H2,1-2H3,(H2,23,24,26);1H. The molecule has 3 rings (SSSR count). The summed E-state index contributed by atoms with van der Waals surface area (Å²) >= 11 is 0. The summed E-state index contributed by atoms with van der Waals surface area (Å²) in [5.41, 5.74) is 5.57. The smallest absolute Gasteiger partial charge is 0.191 e. The van der Waals surface area contributed by atoms with E-state index in [2.05, 4.69) is 58.0 Å². The van der Waals surface area contributed by atoms with Gasteiger partial charge in [0.25, 0.3) is 0 Å². The van der Waals surface area contributed by atoms with E-state index in [0.717, 1.165) is 24.5 Å². The van der Waals surface area contributed by atoms with E-state index in [1.54, 1.807) is 7.05 Å². The van der Waals surface area contributed by atoms with Gasteiger partial charge in [-0.1, -0.05) is 30.3 Å². The summed E-state index contributed by atoms with van der Waals surface area (Å²) < 4.78 is 0. The molecule has 3 aromatic rings. The lowest BCUT2D eigenvalue weighted by Gasteiger charge is -2.12. The van der Waals surface area contributed by atoms with Crippen LogP contribution in [0.5, 0.6) is 0 Å². The first kappa shape index (κ1) is 20.8. The van der Waals surface area contributed by atoms with E-state index in [1.165, 1.54) is 22.0 Å². The number of hydrogen-bond donors (Lipinski definition) is 3. The van der Waals surface area contributed by atoms with Gasteiger partial charge in [-0.2, -0.15) is 5.26 Å². The predicted octanol–water partition coefficient (Wildman–Crippen LogP) is 3.87. The minimum absolute atomic E-state index is 0. The fourth-order valence-corrected chi connectivity index (χ4v) is 2.99. The summed E-state index contributed by atoms with van der Waals surface area (Å²) in [5.74, 6) is 0.769. The van der Waals surface area contributed by atoms with Crippen molar-refractivity contribution in [1.29, 1.82) is 5.26 Å². The van der Waals surface area contributed by atoms with E-state index in [4.69, 9.17) is 5.26 Å². The molecule has 0 spiro atoms. The first-order valence-electron chi connectivity index (χ1n) is 8.70. The molecule has 0 radical (unpaired) electrons. The second-order valence-electron chi connectivity index (χ2n) is 6.22. The van der Waals surface area contributed by atoms with Crippen molar-refractivity contribution in [1.82, 2.24) is 15.6 Å². The van der Waals surface area contributed by atoms with E-state index in [0.29, 0.717) is 12.1 Å². The summed E-state index contributed by atoms with van der Waals surface area (Å²) in [7, 11) is 1.77. The number of aryl methyl sites for hydroxylation is 1. The number of halogens is 1. The quantitative estimate of drug-likeness (QED) is 0.299. The van der Waals surface area contributed by atoms with E-state index in [-0.39, 0.29) is 24.0 Å². The number of nitriles is 1. The van der Waals surface area contributed by atoms with Crippen molar-refractivity contribution in [2.75, 3.05) is 13.6 Å². The van der Waals surface area contributed by atoms with E-state index in [9.17, 15) is 0 Å². The number of para-hydroxylation sites is 1. The van der Waals surface area contributed by atoms with Gasteiger partial charge in [-0.05, 0) is 42.2 Å². The molecule has 2 aromatic carbocycles. The fraction of sp³-hybridized carbons (Fsp3) is 0.238. The molecular weight excluding hydrogens is 449 g/mol. The van der Waals surface area contributed by atoms with Crippen molar-refractivity contribution in [3.63, 3.8) is 0 Å². The Morgan fingerprint density at radius 1 is 1.15 bits per heavy atom. The van der Waals surface area contributed by atoms with Crippen LogP contribution in [0.4, 0.5) is 0 Å². The molecule has 0 amide bonds. The van der Waals surface area contributed by atoms with Gasteiger partial charge in [0.05, 0.1) is 11.6 Å². The number of hydrogen-bond acceptors (Lipinski definition) is 2. The molecule has 5 nitrogen and oxygen atoms in total. The number of rotatable bonds is 5. The number of aromatic amines is 1. The molecule has 0 saturated carbocycles. The molecule has 0 aliphatic carbocycles. The van der Waals surface area contributed by atoms with Crippen molar-refractivity contribution < 1.29 is 0 Å². The van der Waals surface area contributed by atoms with Gasteiger partial charge in [-0.25, -0.2) is 0 Å². The average molecular weight is 473 g/mol. The summed E-state index contributed by atoms with van der Waals surface area (Å²) in [6.07, 6.45) is 3.01. The zero-order valence-corrected chi connectivity index (χ0v) is 17.9. The number of fused-ring (bicyclic) bond motifs is 1. The highest BCUT2D eigenvalue weighted by molar-refractivity contribution is 14.0. The summed E-state index contributed by atoms with van der Waals surface area (Å²) in [5, 5.41) is 16.8. The Morgan fingerprint density at radius 3 is 2.63 bits per heavy atom. The van der Waals surface area contributed by atoms with Crippen LogP contribution in [-0.2, 0) is 13.0 Å². The molecule has 0 fully saturated rings. The van der Waals surface area contributed by atoms with Crippen LogP contribution < -0.4 is 10.6 Å². The minimum atomic E-state index is 0. The maximum absolute atomic E-state index is 8.84. The van der Waals surface area contributed by atoms with Crippen LogP contribution in [0, 0.1) is 18.3 Å². The number of aliphatic imine (C=N–C) groups is 1. The second kappa shape index (κ2) is 9.97. The SMILES string of the molecule is CN=C(NCCc1c[nH]c2c(C)cccc12)NCc1ccc(C#N)cc1.I. The first-order chi connectivity index (χ1) is 12.7. The highest BCUT2D eigenvalue weighted by Gasteiger charge is 2.05. The predicted molar refractivity (Wildman–Crippen MR) is 122 cm³/mol. The number of guanidine groups is 1. The summed E-state index contributed by atoms with van der Waals surface area (Å²) in [4.78, 5) is 7.63. The number of H-pyrrole nitrogens is 1. The van der Waals surface area contributed by atoms with Crippen molar-refractivity contribution in [2.24, 2.45) is 4.99 Å². The molecule has 1 aromatic heterocycles. The lowest BCUT2D eigenvalue weighted by atomic mass is 10.1. The van der Waals surface area contributed by atoms with Gasteiger partial charge in [0.15, 0.2) is 5.96 Å². The highest BCUT2D eigenvalue weighted by atomic mass is 127. The zero-order valence-electron chi connectivity index (χ0n) is 15.5. The molecule has 0 aliphatic heterocycles. The topological polar surface area (TPSA) is 76.0 Å². The summed E-state index contributed by atoms with van der Waals surface area (Å²) in [6, 6.07) is 16.1. The van der Waals surface area contributed by atoms with Gasteiger partial charge in [0, 0.05) is 37.2 Å². The third kappa shape index (κ3) is 5.23. The minimum Gasteiger partial charge on any atom is -0.361 e. The van der Waals surface area contributed by atoms with Crippen LogP contribution in [0.2, 0.25) is 0 Å². The summed E-state index contributed by atoms with van der Waals surface area (Å²) in [6.45, 7) is 3.58. The van der Waals surface area contributed by atoms with Gasteiger partial charge in [-0.15, -0.1) is 24.0 Å². The lowest BCUT2D eigenvalue weighted by molar-refractivity contribution is 0.796. The largest absolute Gasteiger partial charge is 0.361 e. The van der Waals surface area contributed by atoms with Crippen LogP contribution in [0.1, 0.15) is 22.3 Å².